The lowest BCUT2D eigenvalue weighted by atomic mass is 9.92. The van der Waals surface area contributed by atoms with Gasteiger partial charge in [0.15, 0.2) is 0 Å². The van der Waals surface area contributed by atoms with E-state index in [0.29, 0.717) is 54.4 Å². The summed E-state index contributed by atoms with van der Waals surface area (Å²) in [5.74, 6) is -3.66. The molecule has 3 saturated heterocycles. The molecular formula is C27H28F2N3O6PS2. The first kappa shape index (κ1) is 28.4. The van der Waals surface area contributed by atoms with E-state index in [4.69, 9.17) is 9.79 Å². The van der Waals surface area contributed by atoms with Gasteiger partial charge in [-0.1, -0.05) is 6.07 Å². The number of nitrogens with zero attached hydrogens (tertiary/aromatic N) is 2. The highest BCUT2D eigenvalue weighted by Crippen LogP contribution is 2.53. The van der Waals surface area contributed by atoms with Gasteiger partial charge in [-0.15, -0.1) is 22.7 Å². The highest BCUT2D eigenvalue weighted by molar-refractivity contribution is 7.51. The highest BCUT2D eigenvalue weighted by Gasteiger charge is 2.47. The second kappa shape index (κ2) is 10.9. The summed E-state index contributed by atoms with van der Waals surface area (Å²) in [6.45, 7) is 0.835. The van der Waals surface area contributed by atoms with Crippen molar-refractivity contribution in [3.63, 3.8) is 0 Å². The van der Waals surface area contributed by atoms with Crippen molar-refractivity contribution < 1.29 is 37.5 Å². The van der Waals surface area contributed by atoms with Gasteiger partial charge in [0.1, 0.15) is 17.9 Å². The van der Waals surface area contributed by atoms with Crippen LogP contribution in [0.3, 0.4) is 0 Å². The lowest BCUT2D eigenvalue weighted by molar-refractivity contribution is -0.148. The summed E-state index contributed by atoms with van der Waals surface area (Å²) in [5.41, 5.74) is 0.444. The van der Waals surface area contributed by atoms with Crippen molar-refractivity contribution in [2.45, 2.75) is 62.1 Å². The molecule has 4 atom stereocenters. The Morgan fingerprint density at radius 1 is 1.10 bits per heavy atom. The van der Waals surface area contributed by atoms with Crippen LogP contribution in [0.1, 0.15) is 64.7 Å². The predicted octanol–water partition coefficient (Wildman–Crippen LogP) is 4.52. The van der Waals surface area contributed by atoms with Gasteiger partial charge in [-0.2, -0.15) is 0 Å². The maximum absolute atomic E-state index is 14.2. The molecule has 1 aromatic carbocycles. The van der Waals surface area contributed by atoms with E-state index < -0.39 is 31.5 Å². The van der Waals surface area contributed by atoms with E-state index in [-0.39, 0.29) is 40.0 Å². The van der Waals surface area contributed by atoms with Crippen molar-refractivity contribution >= 4 is 58.1 Å². The van der Waals surface area contributed by atoms with Gasteiger partial charge in [0.05, 0.1) is 4.88 Å². The zero-order valence-electron chi connectivity index (χ0n) is 21.7. The van der Waals surface area contributed by atoms with Crippen molar-refractivity contribution in [3.05, 3.63) is 56.8 Å². The Morgan fingerprint density at radius 2 is 1.88 bits per heavy atom. The van der Waals surface area contributed by atoms with Crippen molar-refractivity contribution in [2.75, 3.05) is 13.1 Å². The maximum atomic E-state index is 14.2. The molecule has 3 aliphatic heterocycles. The number of nitrogens with one attached hydrogen (secondary N) is 1. The Labute approximate surface area is 242 Å². The Morgan fingerprint density at radius 3 is 2.59 bits per heavy atom. The van der Waals surface area contributed by atoms with Crippen LogP contribution >= 0.6 is 30.3 Å². The van der Waals surface area contributed by atoms with Gasteiger partial charge < -0.3 is 24.9 Å². The quantitative estimate of drug-likeness (QED) is 0.347. The molecule has 218 valence electrons. The highest BCUT2D eigenvalue weighted by atomic mass is 32.1. The summed E-state index contributed by atoms with van der Waals surface area (Å²) in [6, 6.07) is 4.11. The Balaban J connectivity index is 1.14. The molecule has 2 aromatic heterocycles. The van der Waals surface area contributed by atoms with Gasteiger partial charge in [0, 0.05) is 40.7 Å². The minimum absolute atomic E-state index is 0.0424. The largest absolute Gasteiger partial charge is 0.363 e. The Hall–Kier alpha value is -2.70. The number of hydrogen-bond acceptors (Lipinski definition) is 6. The first-order valence-electron chi connectivity index (χ1n) is 13.4. The topological polar surface area (TPSA) is 127 Å². The molecule has 6 rings (SSSR count). The monoisotopic (exact) mass is 623 g/mol. The number of carbonyl (C=O) groups excluding carboxylic acids is 3. The average molecular weight is 624 g/mol. The van der Waals surface area contributed by atoms with Gasteiger partial charge in [-0.25, -0.2) is 8.78 Å². The zero-order chi connectivity index (χ0) is 29.1. The molecule has 0 saturated carbocycles. The number of halogens is 2. The molecule has 3 N–H and O–H groups in total. The molecule has 0 aliphatic carbocycles. The van der Waals surface area contributed by atoms with Gasteiger partial charge >= 0.3 is 7.60 Å². The third-order valence-electron chi connectivity index (χ3n) is 8.29. The van der Waals surface area contributed by atoms with Gasteiger partial charge in [0.25, 0.3) is 5.91 Å². The summed E-state index contributed by atoms with van der Waals surface area (Å²) in [5, 5.41) is 6.51. The fourth-order valence-corrected chi connectivity index (χ4v) is 8.40. The third-order valence-corrected chi connectivity index (χ3v) is 11.0. The molecule has 5 heterocycles. The summed E-state index contributed by atoms with van der Waals surface area (Å²) in [7, 11) is -4.97. The third kappa shape index (κ3) is 5.34. The van der Waals surface area contributed by atoms with Crippen LogP contribution in [0.25, 0.3) is 10.1 Å². The number of rotatable bonds is 6. The molecular weight excluding hydrogens is 595 g/mol. The Kier molecular flexibility index (Phi) is 7.52. The summed E-state index contributed by atoms with van der Waals surface area (Å²) in [4.78, 5) is 62.2. The fraction of sp³-hybridized carbons (Fsp3) is 0.444. The molecule has 3 aromatic rings. The fourth-order valence-electron chi connectivity index (χ4n) is 6.13. The molecule has 0 spiro atoms. The van der Waals surface area contributed by atoms with Crippen molar-refractivity contribution in [1.29, 1.82) is 0 Å². The molecule has 1 unspecified atom stereocenters. The average Bonchev–Trinajstić information content (AvgIpc) is 3.61. The number of hydrogen-bond donors (Lipinski definition) is 3. The second-order valence-corrected chi connectivity index (χ2v) is 14.4. The van der Waals surface area contributed by atoms with Gasteiger partial charge in [0.2, 0.25) is 17.7 Å². The van der Waals surface area contributed by atoms with E-state index in [1.165, 1.54) is 41.0 Å². The summed E-state index contributed by atoms with van der Waals surface area (Å²) in [6.07, 6.45) is 3.13. The normalized spacial score (nSPS) is 24.2. The number of amides is 3. The lowest BCUT2D eigenvalue weighted by Gasteiger charge is -2.42. The SMILES string of the molecule is O=C(N[C@H]1CCC[C@H]2CC[C@@H](C(=O)N3CC(c4cscc4F)C3)N2C1=O)c1cc2cc(C(F)P(=O)(O)O)ccc2s1. The van der Waals surface area contributed by atoms with Crippen molar-refractivity contribution in [1.82, 2.24) is 15.1 Å². The van der Waals surface area contributed by atoms with E-state index in [0.717, 1.165) is 17.8 Å². The standard InChI is InChI=1S/C27H28F2N3O6PS2/c28-19-13-40-12-18(19)16-10-31(11-16)27(35)21-6-5-17-2-1-3-20(26(34)32(17)21)30-25(33)23-9-15-8-14(4-7-22(15)41-23)24(29)39(36,37)38/h4,7-9,12-13,16-17,20-21,24H,1-3,5-6,10-11H2,(H,30,33)(H2,36,37,38)/t17-,20-,21-,24?/m0/s1. The molecule has 14 heteroatoms. The van der Waals surface area contributed by atoms with Crippen molar-refractivity contribution in [2.24, 2.45) is 0 Å². The molecule has 0 bridgehead atoms. The van der Waals surface area contributed by atoms with Crippen LogP contribution < -0.4 is 5.32 Å². The smallest absolute Gasteiger partial charge is 0.340 e. The van der Waals surface area contributed by atoms with E-state index in [2.05, 4.69) is 5.32 Å². The van der Waals surface area contributed by atoms with E-state index in [9.17, 15) is 27.7 Å². The zero-order valence-corrected chi connectivity index (χ0v) is 24.3. The second-order valence-electron chi connectivity index (χ2n) is 10.9. The molecule has 0 radical (unpaired) electrons. The summed E-state index contributed by atoms with van der Waals surface area (Å²) < 4.78 is 40.1. The van der Waals surface area contributed by atoms with Crippen LogP contribution in [0.5, 0.6) is 0 Å². The first-order chi connectivity index (χ1) is 19.5. The lowest BCUT2D eigenvalue weighted by Crippen LogP contribution is -2.58. The molecule has 41 heavy (non-hydrogen) atoms. The van der Waals surface area contributed by atoms with Crippen LogP contribution in [-0.4, -0.2) is 68.5 Å². The van der Waals surface area contributed by atoms with Crippen molar-refractivity contribution in [3.8, 4) is 0 Å². The number of fused-ring (bicyclic) bond motifs is 2. The van der Waals surface area contributed by atoms with Crippen LogP contribution in [0.4, 0.5) is 8.78 Å². The summed E-state index contributed by atoms with van der Waals surface area (Å²) >= 11 is 2.42. The molecule has 3 amide bonds. The van der Waals surface area contributed by atoms with Crippen LogP contribution in [0, 0.1) is 5.82 Å². The van der Waals surface area contributed by atoms with Crippen LogP contribution in [0.2, 0.25) is 0 Å². The first-order valence-corrected chi connectivity index (χ1v) is 16.8. The minimum atomic E-state index is -4.97. The molecule has 3 aliphatic rings. The number of alkyl halides is 1. The number of thiophene rings is 2. The molecule has 3 fully saturated rings. The number of benzene rings is 1. The molecule has 9 nitrogen and oxygen atoms in total. The van der Waals surface area contributed by atoms with E-state index in [1.54, 1.807) is 15.2 Å². The van der Waals surface area contributed by atoms with E-state index >= 15 is 0 Å². The van der Waals surface area contributed by atoms with Gasteiger partial charge in [-0.05, 0) is 66.6 Å². The van der Waals surface area contributed by atoms with E-state index in [1.807, 2.05) is 0 Å². The van der Waals surface area contributed by atoms with Gasteiger partial charge in [-0.3, -0.25) is 18.9 Å². The minimum Gasteiger partial charge on any atom is -0.340 e. The Bertz CT molecular complexity index is 1570. The maximum Gasteiger partial charge on any atom is 0.363 e. The van der Waals surface area contributed by atoms with Crippen LogP contribution in [0.15, 0.2) is 35.0 Å². The van der Waals surface area contributed by atoms with Crippen LogP contribution in [-0.2, 0) is 14.2 Å². The predicted molar refractivity (Wildman–Crippen MR) is 150 cm³/mol. The number of likely N-dealkylation sites (tertiary alicyclic amines) is 1. The number of carbonyl (C=O) groups is 3.